The van der Waals surface area contributed by atoms with Crippen LogP contribution in [0.2, 0.25) is 0 Å². The summed E-state index contributed by atoms with van der Waals surface area (Å²) in [5.74, 6) is -0.333. The maximum Gasteiger partial charge on any atom is 0.328 e. The number of thioether (sulfide) groups is 1. The molecule has 1 aromatic heterocycles. The number of hydrogen-bond acceptors (Lipinski definition) is 6. The summed E-state index contributed by atoms with van der Waals surface area (Å²) in [5, 5.41) is 1.11. The van der Waals surface area contributed by atoms with Crippen molar-refractivity contribution < 1.29 is 14.3 Å². The highest BCUT2D eigenvalue weighted by Crippen LogP contribution is 2.23. The first kappa shape index (κ1) is 21.4. The first-order valence-electron chi connectivity index (χ1n) is 10.1. The predicted octanol–water partition coefficient (Wildman–Crippen LogP) is 2.84. The van der Waals surface area contributed by atoms with Crippen LogP contribution in [0.1, 0.15) is 39.5 Å². The number of benzene rings is 1. The van der Waals surface area contributed by atoms with Crippen molar-refractivity contribution in [1.29, 1.82) is 0 Å². The molecule has 1 aliphatic heterocycles. The van der Waals surface area contributed by atoms with E-state index in [-0.39, 0.29) is 23.2 Å². The van der Waals surface area contributed by atoms with Crippen LogP contribution in [0.3, 0.4) is 0 Å². The number of ether oxygens (including phenoxy) is 1. The lowest BCUT2D eigenvalue weighted by molar-refractivity contribution is -0.155. The number of likely N-dealkylation sites (tertiary alicyclic amines) is 1. The number of nitrogens with zero attached hydrogens (tertiary/aromatic N) is 3. The molecule has 2 heterocycles. The van der Waals surface area contributed by atoms with E-state index in [1.807, 2.05) is 19.1 Å². The van der Waals surface area contributed by atoms with Crippen LogP contribution in [0.4, 0.5) is 0 Å². The average Bonchev–Trinajstić information content (AvgIpc) is 2.74. The van der Waals surface area contributed by atoms with Crippen LogP contribution in [0.5, 0.6) is 0 Å². The van der Waals surface area contributed by atoms with E-state index >= 15 is 0 Å². The van der Waals surface area contributed by atoms with Gasteiger partial charge in [-0.15, -0.1) is 0 Å². The summed E-state index contributed by atoms with van der Waals surface area (Å²) in [6.07, 6.45) is 3.20. The Labute approximate surface area is 174 Å². The van der Waals surface area contributed by atoms with Crippen LogP contribution in [-0.2, 0) is 20.9 Å². The lowest BCUT2D eigenvalue weighted by Gasteiger charge is -2.34. The number of amides is 1. The Morgan fingerprint density at radius 3 is 2.79 bits per heavy atom. The Bertz CT molecular complexity index is 943. The SMILES string of the molecule is CCCn1c(SCC(=O)N2CCCC[C@@H]2C(=O)OCC)nc2ccccc2c1=O. The third-order valence-corrected chi connectivity index (χ3v) is 5.94. The Balaban J connectivity index is 1.80. The maximum absolute atomic E-state index is 12.9. The molecular formula is C21H27N3O4S. The molecule has 0 aliphatic carbocycles. The molecule has 1 amide bonds. The van der Waals surface area contributed by atoms with Crippen LogP contribution >= 0.6 is 11.8 Å². The van der Waals surface area contributed by atoms with E-state index in [0.29, 0.717) is 42.2 Å². The monoisotopic (exact) mass is 417 g/mol. The zero-order valence-electron chi connectivity index (χ0n) is 16.9. The Hall–Kier alpha value is -2.35. The van der Waals surface area contributed by atoms with Gasteiger partial charge in [0.25, 0.3) is 5.56 Å². The van der Waals surface area contributed by atoms with E-state index in [0.717, 1.165) is 19.3 Å². The molecule has 3 rings (SSSR count). The van der Waals surface area contributed by atoms with Gasteiger partial charge in [0.05, 0.1) is 23.3 Å². The van der Waals surface area contributed by atoms with Crippen LogP contribution in [0, 0.1) is 0 Å². The minimum Gasteiger partial charge on any atom is -0.464 e. The highest BCUT2D eigenvalue weighted by molar-refractivity contribution is 7.99. The molecule has 29 heavy (non-hydrogen) atoms. The minimum absolute atomic E-state index is 0.0882. The standard InChI is InChI=1S/C21H27N3O4S/c1-3-12-24-19(26)15-9-5-6-10-16(15)22-21(24)29-14-18(25)23-13-8-7-11-17(23)20(27)28-4-2/h5-6,9-10,17H,3-4,7-8,11-14H2,1-2H3/t17-/m1/s1. The number of carbonyl (C=O) groups is 2. The van der Waals surface area contributed by atoms with Gasteiger partial charge in [-0.2, -0.15) is 0 Å². The maximum atomic E-state index is 12.9. The van der Waals surface area contributed by atoms with Gasteiger partial charge >= 0.3 is 5.97 Å². The van der Waals surface area contributed by atoms with Gasteiger partial charge in [0.15, 0.2) is 5.16 Å². The molecule has 1 fully saturated rings. The van der Waals surface area contributed by atoms with E-state index < -0.39 is 6.04 Å². The second-order valence-electron chi connectivity index (χ2n) is 7.01. The van der Waals surface area contributed by atoms with Gasteiger partial charge < -0.3 is 9.64 Å². The van der Waals surface area contributed by atoms with Crippen LogP contribution in [-0.4, -0.2) is 51.3 Å². The number of hydrogen-bond donors (Lipinski definition) is 0. The zero-order valence-corrected chi connectivity index (χ0v) is 17.7. The van der Waals surface area contributed by atoms with Crippen molar-refractivity contribution in [3.63, 3.8) is 0 Å². The highest BCUT2D eigenvalue weighted by atomic mass is 32.2. The number of carbonyl (C=O) groups excluding carboxylic acids is 2. The van der Waals surface area contributed by atoms with Crippen LogP contribution < -0.4 is 5.56 Å². The summed E-state index contributed by atoms with van der Waals surface area (Å²) in [6, 6.07) is 6.73. The van der Waals surface area contributed by atoms with E-state index in [1.54, 1.807) is 28.5 Å². The Morgan fingerprint density at radius 1 is 1.24 bits per heavy atom. The number of rotatable bonds is 7. The van der Waals surface area contributed by atoms with Crippen LogP contribution in [0.15, 0.2) is 34.2 Å². The first-order valence-corrected chi connectivity index (χ1v) is 11.1. The van der Waals surface area contributed by atoms with Gasteiger partial charge in [0, 0.05) is 13.1 Å². The van der Waals surface area contributed by atoms with Crippen LogP contribution in [0.25, 0.3) is 10.9 Å². The third-order valence-electron chi connectivity index (χ3n) is 4.98. The van der Waals surface area contributed by atoms with Gasteiger partial charge in [-0.3, -0.25) is 14.2 Å². The fraction of sp³-hybridized carbons (Fsp3) is 0.524. The van der Waals surface area contributed by atoms with Crippen molar-refractivity contribution in [2.45, 2.75) is 57.3 Å². The van der Waals surface area contributed by atoms with Crippen molar-refractivity contribution >= 4 is 34.5 Å². The van der Waals surface area contributed by atoms with Crippen molar-refractivity contribution in [3.8, 4) is 0 Å². The third kappa shape index (κ3) is 4.80. The topological polar surface area (TPSA) is 81.5 Å². The summed E-state index contributed by atoms with van der Waals surface area (Å²) < 4.78 is 6.78. The molecular weight excluding hydrogens is 390 g/mol. The smallest absolute Gasteiger partial charge is 0.328 e. The zero-order chi connectivity index (χ0) is 20.8. The quantitative estimate of drug-likeness (QED) is 0.391. The molecule has 156 valence electrons. The fourth-order valence-electron chi connectivity index (χ4n) is 3.60. The normalized spacial score (nSPS) is 16.8. The van der Waals surface area contributed by atoms with Crippen molar-refractivity contribution in [2.24, 2.45) is 0 Å². The molecule has 0 saturated carbocycles. The Kier molecular flexibility index (Phi) is 7.30. The molecule has 7 nitrogen and oxygen atoms in total. The summed E-state index contributed by atoms with van der Waals surface area (Å²) in [4.78, 5) is 44.2. The van der Waals surface area contributed by atoms with Crippen molar-refractivity contribution in [2.75, 3.05) is 18.9 Å². The van der Waals surface area contributed by atoms with E-state index in [9.17, 15) is 14.4 Å². The summed E-state index contributed by atoms with van der Waals surface area (Å²) in [7, 11) is 0. The summed E-state index contributed by atoms with van der Waals surface area (Å²) in [5.41, 5.74) is 0.539. The van der Waals surface area contributed by atoms with Gasteiger partial charge in [-0.05, 0) is 44.7 Å². The molecule has 1 aliphatic rings. The molecule has 0 N–H and O–H groups in total. The molecule has 0 radical (unpaired) electrons. The van der Waals surface area contributed by atoms with Gasteiger partial charge in [0.1, 0.15) is 6.04 Å². The predicted molar refractivity (Wildman–Crippen MR) is 113 cm³/mol. The number of esters is 1. The lowest BCUT2D eigenvalue weighted by Crippen LogP contribution is -2.49. The second-order valence-corrected chi connectivity index (χ2v) is 7.95. The number of para-hydroxylation sites is 1. The molecule has 1 aromatic carbocycles. The fourth-order valence-corrected chi connectivity index (χ4v) is 4.51. The largest absolute Gasteiger partial charge is 0.464 e. The first-order chi connectivity index (χ1) is 14.1. The molecule has 8 heteroatoms. The molecule has 1 atom stereocenters. The number of piperidine rings is 1. The molecule has 0 unspecified atom stereocenters. The second kappa shape index (κ2) is 9.91. The van der Waals surface area contributed by atoms with Crippen molar-refractivity contribution in [3.05, 3.63) is 34.6 Å². The van der Waals surface area contributed by atoms with Gasteiger partial charge in [-0.25, -0.2) is 9.78 Å². The molecule has 1 saturated heterocycles. The van der Waals surface area contributed by atoms with E-state index in [2.05, 4.69) is 4.98 Å². The number of aromatic nitrogens is 2. The highest BCUT2D eigenvalue weighted by Gasteiger charge is 2.33. The van der Waals surface area contributed by atoms with E-state index in [4.69, 9.17) is 4.74 Å². The lowest BCUT2D eigenvalue weighted by atomic mass is 10.0. The minimum atomic E-state index is -0.515. The molecule has 2 aromatic rings. The van der Waals surface area contributed by atoms with Gasteiger partial charge in [0.2, 0.25) is 5.91 Å². The van der Waals surface area contributed by atoms with E-state index in [1.165, 1.54) is 11.8 Å². The van der Waals surface area contributed by atoms with Gasteiger partial charge in [-0.1, -0.05) is 30.8 Å². The number of fused-ring (bicyclic) bond motifs is 1. The summed E-state index contributed by atoms with van der Waals surface area (Å²) >= 11 is 1.25. The molecule has 0 spiro atoms. The molecule has 0 bridgehead atoms. The summed E-state index contributed by atoms with van der Waals surface area (Å²) in [6.45, 7) is 5.16. The average molecular weight is 418 g/mol. The Morgan fingerprint density at radius 2 is 2.03 bits per heavy atom. The van der Waals surface area contributed by atoms with Crippen molar-refractivity contribution in [1.82, 2.24) is 14.5 Å².